The second kappa shape index (κ2) is 5.37. The average molecular weight is 273 g/mol. The van der Waals surface area contributed by atoms with Gasteiger partial charge in [0.05, 0.1) is 23.7 Å². The Morgan fingerprint density at radius 1 is 1.35 bits per heavy atom. The number of nitrogens with zero attached hydrogens (tertiary/aromatic N) is 2. The molecule has 20 heavy (non-hydrogen) atoms. The van der Waals surface area contributed by atoms with E-state index in [2.05, 4.69) is 5.10 Å². The number of Topliss-reactive ketones (excluding diaryl/α,β-unsaturated/α-hetero) is 1. The fourth-order valence-corrected chi connectivity index (χ4v) is 2.33. The molecule has 0 aliphatic rings. The lowest BCUT2D eigenvalue weighted by molar-refractivity contribution is -0.121. The van der Waals surface area contributed by atoms with Gasteiger partial charge in [0.15, 0.2) is 5.78 Å². The minimum Gasteiger partial charge on any atom is -0.321 e. The van der Waals surface area contributed by atoms with E-state index in [1.165, 1.54) is 0 Å². The number of hydrogen-bond acceptors (Lipinski definition) is 3. The van der Waals surface area contributed by atoms with E-state index in [0.717, 1.165) is 23.1 Å². The first kappa shape index (κ1) is 14.7. The summed E-state index contributed by atoms with van der Waals surface area (Å²) in [4.78, 5) is 12.3. The van der Waals surface area contributed by atoms with Gasteiger partial charge in [0.1, 0.15) is 0 Å². The zero-order chi connectivity index (χ0) is 14.9. The minimum atomic E-state index is -0.465. The Morgan fingerprint density at radius 3 is 2.60 bits per heavy atom. The van der Waals surface area contributed by atoms with Gasteiger partial charge in [-0.1, -0.05) is 39.0 Å². The molecule has 0 aliphatic carbocycles. The molecule has 1 aromatic heterocycles. The molecule has 1 heterocycles. The van der Waals surface area contributed by atoms with Crippen molar-refractivity contribution in [2.75, 3.05) is 0 Å². The van der Waals surface area contributed by atoms with E-state index in [-0.39, 0.29) is 11.2 Å². The van der Waals surface area contributed by atoms with Crippen molar-refractivity contribution < 1.29 is 4.79 Å². The topological polar surface area (TPSA) is 60.9 Å². The highest BCUT2D eigenvalue weighted by Crippen LogP contribution is 2.22. The first-order chi connectivity index (χ1) is 9.34. The van der Waals surface area contributed by atoms with Crippen LogP contribution in [0.3, 0.4) is 0 Å². The van der Waals surface area contributed by atoms with Gasteiger partial charge in [0.2, 0.25) is 0 Å². The summed E-state index contributed by atoms with van der Waals surface area (Å²) in [5.74, 6) is 0.0454. The molecule has 0 saturated heterocycles. The maximum absolute atomic E-state index is 12.3. The number of rotatable bonds is 4. The molecule has 108 valence electrons. The Labute approximate surface area is 120 Å². The molecule has 4 nitrogen and oxygen atoms in total. The summed E-state index contributed by atoms with van der Waals surface area (Å²) in [6, 6.07) is 7.54. The molecule has 1 unspecified atom stereocenters. The first-order valence-electron chi connectivity index (χ1n) is 7.07. The summed E-state index contributed by atoms with van der Waals surface area (Å²) in [5, 5.41) is 5.60. The third kappa shape index (κ3) is 2.75. The average Bonchev–Trinajstić information content (AvgIpc) is 2.75. The molecule has 0 spiro atoms. The third-order valence-electron chi connectivity index (χ3n) is 3.66. The summed E-state index contributed by atoms with van der Waals surface area (Å²) in [5.41, 5.74) is 7.72. The fourth-order valence-electron chi connectivity index (χ4n) is 2.33. The number of fused-ring (bicyclic) bond motifs is 1. The van der Waals surface area contributed by atoms with Gasteiger partial charge in [-0.15, -0.1) is 0 Å². The molecule has 2 aromatic rings. The van der Waals surface area contributed by atoms with E-state index in [4.69, 9.17) is 5.73 Å². The van der Waals surface area contributed by atoms with Crippen LogP contribution in [0.1, 0.15) is 33.4 Å². The highest BCUT2D eigenvalue weighted by molar-refractivity contribution is 5.91. The zero-order valence-electron chi connectivity index (χ0n) is 12.7. The minimum absolute atomic E-state index is 0.0454. The van der Waals surface area contributed by atoms with Crippen molar-refractivity contribution in [2.24, 2.45) is 11.1 Å². The summed E-state index contributed by atoms with van der Waals surface area (Å²) in [6.45, 7) is 8.79. The van der Waals surface area contributed by atoms with Crippen LogP contribution >= 0.6 is 0 Å². The Morgan fingerprint density at radius 2 is 2.00 bits per heavy atom. The standard InChI is InChI=1S/C16H23N3O/c1-5-19-13-9-7-6-8-11(13)12(18-19)10-14(20)15(17)16(2,3)4/h6-9,15H,5,10,17H2,1-4H3. The first-order valence-corrected chi connectivity index (χ1v) is 7.07. The SMILES string of the molecule is CCn1nc(CC(=O)C(N)C(C)(C)C)c2ccccc21. The highest BCUT2D eigenvalue weighted by Gasteiger charge is 2.28. The van der Waals surface area contributed by atoms with Gasteiger partial charge in [-0.3, -0.25) is 9.48 Å². The predicted octanol–water partition coefficient (Wildman–Crippen LogP) is 2.54. The van der Waals surface area contributed by atoms with Gasteiger partial charge in [-0.2, -0.15) is 5.10 Å². The normalized spacial score (nSPS) is 13.7. The number of nitrogens with two attached hydrogens (primary N) is 1. The summed E-state index contributed by atoms with van der Waals surface area (Å²) >= 11 is 0. The zero-order valence-corrected chi connectivity index (χ0v) is 12.7. The van der Waals surface area contributed by atoms with Crippen LogP contribution in [-0.4, -0.2) is 21.6 Å². The Hall–Kier alpha value is -1.68. The summed E-state index contributed by atoms with van der Waals surface area (Å²) in [6.07, 6.45) is 0.298. The molecule has 0 bridgehead atoms. The number of benzene rings is 1. The van der Waals surface area contributed by atoms with Crippen LogP contribution in [0, 0.1) is 5.41 Å². The van der Waals surface area contributed by atoms with Crippen LogP contribution in [-0.2, 0) is 17.8 Å². The van der Waals surface area contributed by atoms with Crippen LogP contribution in [0.4, 0.5) is 0 Å². The molecule has 0 radical (unpaired) electrons. The van der Waals surface area contributed by atoms with E-state index in [1.54, 1.807) is 0 Å². The number of carbonyl (C=O) groups excluding carboxylic acids is 1. The lowest BCUT2D eigenvalue weighted by Crippen LogP contribution is -2.43. The van der Waals surface area contributed by atoms with Crippen molar-refractivity contribution in [3.05, 3.63) is 30.0 Å². The van der Waals surface area contributed by atoms with Crippen LogP contribution in [0.5, 0.6) is 0 Å². The van der Waals surface area contributed by atoms with E-state index in [0.29, 0.717) is 6.42 Å². The molecular formula is C16H23N3O. The second-order valence-corrected chi connectivity index (χ2v) is 6.27. The molecule has 0 aliphatic heterocycles. The largest absolute Gasteiger partial charge is 0.321 e. The van der Waals surface area contributed by atoms with Gasteiger partial charge in [-0.25, -0.2) is 0 Å². The molecular weight excluding hydrogens is 250 g/mol. The quantitative estimate of drug-likeness (QED) is 0.931. The molecule has 0 amide bonds. The van der Waals surface area contributed by atoms with Crippen molar-refractivity contribution in [2.45, 2.75) is 46.7 Å². The number of ketones is 1. The van der Waals surface area contributed by atoms with E-state index >= 15 is 0 Å². The summed E-state index contributed by atoms with van der Waals surface area (Å²) in [7, 11) is 0. The Balaban J connectivity index is 2.33. The molecule has 0 fully saturated rings. The smallest absolute Gasteiger partial charge is 0.156 e. The van der Waals surface area contributed by atoms with Crippen LogP contribution in [0.2, 0.25) is 0 Å². The molecule has 4 heteroatoms. The molecule has 1 atom stereocenters. The Bertz CT molecular complexity index is 622. The number of carbonyl (C=O) groups is 1. The van der Waals surface area contributed by atoms with Crippen LogP contribution in [0.15, 0.2) is 24.3 Å². The highest BCUT2D eigenvalue weighted by atomic mass is 16.1. The molecule has 1 aromatic carbocycles. The maximum Gasteiger partial charge on any atom is 0.156 e. The molecule has 0 saturated carbocycles. The van der Waals surface area contributed by atoms with Crippen LogP contribution in [0.25, 0.3) is 10.9 Å². The lowest BCUT2D eigenvalue weighted by Gasteiger charge is -2.25. The van der Waals surface area contributed by atoms with Gasteiger partial charge >= 0.3 is 0 Å². The van der Waals surface area contributed by atoms with E-state index in [9.17, 15) is 4.79 Å². The second-order valence-electron chi connectivity index (χ2n) is 6.27. The van der Waals surface area contributed by atoms with Crippen molar-refractivity contribution in [1.29, 1.82) is 0 Å². The maximum atomic E-state index is 12.3. The van der Waals surface area contributed by atoms with Crippen LogP contribution < -0.4 is 5.73 Å². The van der Waals surface area contributed by atoms with Gasteiger partial charge in [0.25, 0.3) is 0 Å². The Kier molecular flexibility index (Phi) is 3.95. The van der Waals surface area contributed by atoms with Gasteiger partial charge < -0.3 is 5.73 Å². The molecule has 2 rings (SSSR count). The van der Waals surface area contributed by atoms with Gasteiger partial charge in [-0.05, 0) is 18.4 Å². The predicted molar refractivity (Wildman–Crippen MR) is 81.5 cm³/mol. The fraction of sp³-hybridized carbons (Fsp3) is 0.500. The number of para-hydroxylation sites is 1. The number of aryl methyl sites for hydroxylation is 1. The van der Waals surface area contributed by atoms with Crippen molar-refractivity contribution in [1.82, 2.24) is 9.78 Å². The monoisotopic (exact) mass is 273 g/mol. The lowest BCUT2D eigenvalue weighted by atomic mass is 9.83. The van der Waals surface area contributed by atoms with E-state index in [1.807, 2.05) is 56.6 Å². The van der Waals surface area contributed by atoms with Crippen molar-refractivity contribution in [3.8, 4) is 0 Å². The van der Waals surface area contributed by atoms with Gasteiger partial charge in [0, 0.05) is 11.9 Å². The van der Waals surface area contributed by atoms with E-state index < -0.39 is 6.04 Å². The van der Waals surface area contributed by atoms with Crippen molar-refractivity contribution in [3.63, 3.8) is 0 Å². The van der Waals surface area contributed by atoms with Crippen molar-refractivity contribution >= 4 is 16.7 Å². The third-order valence-corrected chi connectivity index (χ3v) is 3.66. The molecule has 2 N–H and O–H groups in total. The number of hydrogen-bond donors (Lipinski definition) is 1. The number of aromatic nitrogens is 2. The summed E-state index contributed by atoms with van der Waals surface area (Å²) < 4.78 is 1.93.